The summed E-state index contributed by atoms with van der Waals surface area (Å²) in [6, 6.07) is 6.80. The molecule has 85 valence electrons. The zero-order valence-electron chi connectivity index (χ0n) is 9.32. The molecule has 0 saturated heterocycles. The maximum Gasteiger partial charge on any atom is 0.258 e. The third kappa shape index (κ3) is 4.13. The zero-order valence-corrected chi connectivity index (χ0v) is 9.32. The third-order valence-corrected chi connectivity index (χ3v) is 1.91. The molecule has 0 spiro atoms. The van der Waals surface area contributed by atoms with E-state index in [4.69, 9.17) is 4.74 Å². The van der Waals surface area contributed by atoms with Crippen molar-refractivity contribution in [3.8, 4) is 5.75 Å². The average molecular weight is 220 g/mol. The first-order valence-electron chi connectivity index (χ1n) is 4.98. The Hall–Kier alpha value is -1.84. The number of carbonyl (C=O) groups is 1. The normalized spacial score (nSPS) is 11.6. The van der Waals surface area contributed by atoms with Crippen LogP contribution < -0.4 is 10.1 Å². The van der Waals surface area contributed by atoms with Crippen LogP contribution in [-0.2, 0) is 9.59 Å². The Morgan fingerprint density at radius 3 is 2.94 bits per heavy atom. The minimum Gasteiger partial charge on any atom is -0.484 e. The molecule has 1 atom stereocenters. The van der Waals surface area contributed by atoms with Crippen molar-refractivity contribution < 1.29 is 14.3 Å². The predicted octanol–water partition coefficient (Wildman–Crippen LogP) is 0.988. The van der Waals surface area contributed by atoms with Gasteiger partial charge in [-0.2, -0.15) is 0 Å². The smallest absolute Gasteiger partial charge is 0.258 e. The summed E-state index contributed by atoms with van der Waals surface area (Å²) >= 11 is 0. The van der Waals surface area contributed by atoms with E-state index in [0.29, 0.717) is 5.75 Å². The highest BCUT2D eigenvalue weighted by molar-refractivity contribution is 5.80. The molecule has 16 heavy (non-hydrogen) atoms. The number of hydrogen-bond donors (Lipinski definition) is 1. The maximum absolute atomic E-state index is 11.3. The van der Waals surface area contributed by atoms with E-state index in [1.165, 1.54) is 0 Å². The van der Waals surface area contributed by atoms with E-state index < -0.39 is 6.04 Å². The van der Waals surface area contributed by atoms with Crippen LogP contribution in [0.25, 0.3) is 0 Å². The second kappa shape index (κ2) is 5.90. The summed E-state index contributed by atoms with van der Waals surface area (Å²) in [5, 5.41) is 2.43. The summed E-state index contributed by atoms with van der Waals surface area (Å²) in [5.41, 5.74) is 1.06. The quantitative estimate of drug-likeness (QED) is 0.805. The highest BCUT2D eigenvalue weighted by Gasteiger charge is 2.07. The van der Waals surface area contributed by atoms with Gasteiger partial charge in [0, 0.05) is 0 Å². The summed E-state index contributed by atoms with van der Waals surface area (Å²) < 4.78 is 5.25. The summed E-state index contributed by atoms with van der Waals surface area (Å²) in [6.45, 7) is 3.39. The van der Waals surface area contributed by atoms with Gasteiger partial charge in [-0.25, -0.2) is 0 Å². The fraction of sp³-hybridized carbons (Fsp3) is 0.333. The Kier molecular flexibility index (Phi) is 4.51. The lowest BCUT2D eigenvalue weighted by Gasteiger charge is -2.08. The number of rotatable bonds is 5. The minimum atomic E-state index is -0.603. The first kappa shape index (κ1) is 12.2. The summed E-state index contributed by atoms with van der Waals surface area (Å²) in [7, 11) is 0. The van der Waals surface area contributed by atoms with E-state index in [1.54, 1.807) is 19.3 Å². The molecule has 1 rings (SSSR count). The first-order valence-corrected chi connectivity index (χ1v) is 4.98. The molecule has 0 unspecified atom stereocenters. The van der Waals surface area contributed by atoms with E-state index in [2.05, 4.69) is 5.32 Å². The number of benzene rings is 1. The van der Waals surface area contributed by atoms with Crippen LogP contribution in [-0.4, -0.2) is 24.8 Å². The summed E-state index contributed by atoms with van der Waals surface area (Å²) in [4.78, 5) is 21.4. The molecule has 1 radical (unpaired) electrons. The lowest BCUT2D eigenvalue weighted by Crippen LogP contribution is -2.36. The second-order valence-electron chi connectivity index (χ2n) is 3.51. The van der Waals surface area contributed by atoms with Gasteiger partial charge >= 0.3 is 0 Å². The standard InChI is InChI=1S/C12H14NO3/c1-9-4-3-5-11(6-9)16-8-12(15)13-10(2)7-14/h3-6,10H,8H2,1-2H3,(H,13,15)/t10-/m0/s1. The molecule has 0 aliphatic heterocycles. The lowest BCUT2D eigenvalue weighted by molar-refractivity contribution is -0.123. The Labute approximate surface area is 94.6 Å². The maximum atomic E-state index is 11.3. The molecule has 4 heteroatoms. The molecule has 1 aromatic carbocycles. The molecule has 4 nitrogen and oxygen atoms in total. The monoisotopic (exact) mass is 220 g/mol. The third-order valence-electron chi connectivity index (χ3n) is 1.91. The van der Waals surface area contributed by atoms with E-state index in [0.717, 1.165) is 5.56 Å². The van der Waals surface area contributed by atoms with Gasteiger partial charge in [-0.3, -0.25) is 9.59 Å². The van der Waals surface area contributed by atoms with Crippen molar-refractivity contribution in [3.05, 3.63) is 29.8 Å². The van der Waals surface area contributed by atoms with Gasteiger partial charge < -0.3 is 10.1 Å². The summed E-state index contributed by atoms with van der Waals surface area (Å²) in [6.07, 6.45) is 1.67. The van der Waals surface area contributed by atoms with Gasteiger partial charge in [0.2, 0.25) is 6.29 Å². The number of ether oxygens (including phenoxy) is 1. The van der Waals surface area contributed by atoms with Gasteiger partial charge in [0.25, 0.3) is 5.91 Å². The number of carbonyl (C=O) groups excluding carboxylic acids is 2. The highest BCUT2D eigenvalue weighted by Crippen LogP contribution is 2.11. The van der Waals surface area contributed by atoms with Gasteiger partial charge in [0.1, 0.15) is 5.75 Å². The molecule has 1 N–H and O–H groups in total. The van der Waals surface area contributed by atoms with E-state index in [-0.39, 0.29) is 12.5 Å². The van der Waals surface area contributed by atoms with E-state index in [9.17, 15) is 9.59 Å². The predicted molar refractivity (Wildman–Crippen MR) is 60.0 cm³/mol. The summed E-state index contributed by atoms with van der Waals surface area (Å²) in [5.74, 6) is 0.301. The van der Waals surface area contributed by atoms with Gasteiger partial charge in [-0.15, -0.1) is 0 Å². The molecule has 0 heterocycles. The molecule has 0 fully saturated rings. The molecule has 0 bridgehead atoms. The van der Waals surface area contributed by atoms with Crippen LogP contribution in [0.2, 0.25) is 0 Å². The molecule has 1 amide bonds. The van der Waals surface area contributed by atoms with Gasteiger partial charge in [0.05, 0.1) is 6.04 Å². The van der Waals surface area contributed by atoms with Crippen molar-refractivity contribution in [1.82, 2.24) is 5.32 Å². The van der Waals surface area contributed by atoms with Crippen LogP contribution in [0.1, 0.15) is 12.5 Å². The molecule has 0 aliphatic carbocycles. The molecule has 1 aromatic rings. The number of aryl methyl sites for hydroxylation is 1. The van der Waals surface area contributed by atoms with Crippen molar-refractivity contribution >= 4 is 12.2 Å². The number of amides is 1. The topological polar surface area (TPSA) is 55.4 Å². The van der Waals surface area contributed by atoms with E-state index >= 15 is 0 Å². The molecule has 0 aromatic heterocycles. The van der Waals surface area contributed by atoms with Crippen LogP contribution in [0.5, 0.6) is 5.75 Å². The zero-order chi connectivity index (χ0) is 12.0. The largest absolute Gasteiger partial charge is 0.484 e. The van der Waals surface area contributed by atoms with Crippen molar-refractivity contribution in [3.63, 3.8) is 0 Å². The fourth-order valence-electron chi connectivity index (χ4n) is 1.17. The lowest BCUT2D eigenvalue weighted by atomic mass is 10.2. The van der Waals surface area contributed by atoms with Crippen LogP contribution in [0.15, 0.2) is 24.3 Å². The van der Waals surface area contributed by atoms with Gasteiger partial charge in [0.15, 0.2) is 6.61 Å². The Bertz CT molecular complexity index is 376. The number of hydrogen-bond acceptors (Lipinski definition) is 3. The Morgan fingerprint density at radius 1 is 1.56 bits per heavy atom. The SMILES string of the molecule is Cc1cccc(OCC(=O)N[C@@H](C)[C]=O)c1. The van der Waals surface area contributed by atoms with Crippen LogP contribution in [0.4, 0.5) is 0 Å². The highest BCUT2D eigenvalue weighted by atomic mass is 16.5. The van der Waals surface area contributed by atoms with Crippen LogP contribution >= 0.6 is 0 Å². The molecular weight excluding hydrogens is 206 g/mol. The van der Waals surface area contributed by atoms with Crippen LogP contribution in [0.3, 0.4) is 0 Å². The van der Waals surface area contributed by atoms with Gasteiger partial charge in [-0.1, -0.05) is 12.1 Å². The number of nitrogens with one attached hydrogen (secondary N) is 1. The minimum absolute atomic E-state index is 0.102. The average Bonchev–Trinajstić information content (AvgIpc) is 2.26. The van der Waals surface area contributed by atoms with Crippen molar-refractivity contribution in [2.24, 2.45) is 0 Å². The molecule has 0 saturated carbocycles. The van der Waals surface area contributed by atoms with E-state index in [1.807, 2.05) is 25.1 Å². The molecular formula is C12H14NO3. The van der Waals surface area contributed by atoms with Crippen molar-refractivity contribution in [1.29, 1.82) is 0 Å². The fourth-order valence-corrected chi connectivity index (χ4v) is 1.17. The van der Waals surface area contributed by atoms with Crippen molar-refractivity contribution in [2.45, 2.75) is 19.9 Å². The Morgan fingerprint density at radius 2 is 2.31 bits per heavy atom. The Balaban J connectivity index is 2.40. The van der Waals surface area contributed by atoms with Gasteiger partial charge in [-0.05, 0) is 31.5 Å². The van der Waals surface area contributed by atoms with Crippen molar-refractivity contribution in [2.75, 3.05) is 6.61 Å². The molecule has 0 aliphatic rings. The first-order chi connectivity index (χ1) is 7.61. The van der Waals surface area contributed by atoms with Crippen LogP contribution in [0, 0.1) is 6.92 Å². The second-order valence-corrected chi connectivity index (χ2v) is 3.51.